The van der Waals surface area contributed by atoms with Crippen LogP contribution in [0.5, 0.6) is 0 Å². The summed E-state index contributed by atoms with van der Waals surface area (Å²) in [6, 6.07) is 14.1. The largest absolute Gasteiger partial charge is 0.399 e. The molecule has 2 heterocycles. The molecule has 1 aliphatic rings. The normalized spacial score (nSPS) is 13.0. The molecule has 114 valence electrons. The Labute approximate surface area is 142 Å². The summed E-state index contributed by atoms with van der Waals surface area (Å²) >= 11 is 3.57. The minimum atomic E-state index is 0.747. The van der Waals surface area contributed by atoms with Crippen LogP contribution >= 0.6 is 15.9 Å². The van der Waals surface area contributed by atoms with Crippen LogP contribution in [-0.2, 0) is 6.42 Å². The molecule has 0 radical (unpaired) electrons. The van der Waals surface area contributed by atoms with Crippen LogP contribution in [0, 0.1) is 6.92 Å². The van der Waals surface area contributed by atoms with Crippen LogP contribution in [0.2, 0.25) is 0 Å². The van der Waals surface area contributed by atoms with Crippen molar-refractivity contribution in [2.24, 2.45) is 5.10 Å². The monoisotopic (exact) mass is 366 g/mol. The maximum absolute atomic E-state index is 5.83. The van der Waals surface area contributed by atoms with Crippen molar-refractivity contribution in [1.29, 1.82) is 0 Å². The number of aromatic nitrogens is 2. The average Bonchev–Trinajstić information content (AvgIpc) is 2.79. The van der Waals surface area contributed by atoms with Gasteiger partial charge in [0.25, 0.3) is 0 Å². The van der Waals surface area contributed by atoms with Gasteiger partial charge in [-0.15, -0.1) is 0 Å². The van der Waals surface area contributed by atoms with E-state index in [1.54, 1.807) is 0 Å². The van der Waals surface area contributed by atoms with Crippen LogP contribution in [0.1, 0.15) is 28.2 Å². The highest BCUT2D eigenvalue weighted by molar-refractivity contribution is 9.10. The molecule has 0 aliphatic carbocycles. The van der Waals surface area contributed by atoms with Gasteiger partial charge in [-0.1, -0.05) is 34.1 Å². The van der Waals surface area contributed by atoms with E-state index in [2.05, 4.69) is 39.1 Å². The SMILES string of the molecule is Cc1cnc2n1N=C(c1ccc(N)cc1)c1cc(Br)ccc1C2. The van der Waals surface area contributed by atoms with Gasteiger partial charge in [-0.05, 0) is 36.8 Å². The van der Waals surface area contributed by atoms with Crippen LogP contribution in [0.25, 0.3) is 0 Å². The lowest BCUT2D eigenvalue weighted by atomic mass is 9.96. The number of rotatable bonds is 1. The van der Waals surface area contributed by atoms with E-state index in [0.717, 1.165) is 44.9 Å². The number of hydrogen-bond donors (Lipinski definition) is 1. The van der Waals surface area contributed by atoms with Gasteiger partial charge in [-0.2, -0.15) is 5.10 Å². The molecule has 4 rings (SSSR count). The predicted molar refractivity (Wildman–Crippen MR) is 95.8 cm³/mol. The molecule has 3 aromatic rings. The van der Waals surface area contributed by atoms with Crippen LogP contribution in [0.15, 0.2) is 58.2 Å². The second kappa shape index (κ2) is 5.35. The third-order valence-corrected chi connectivity index (χ3v) is 4.53. The number of nitrogen functional groups attached to an aromatic ring is 1. The van der Waals surface area contributed by atoms with Crippen LogP contribution < -0.4 is 5.73 Å². The molecule has 0 saturated carbocycles. The lowest BCUT2D eigenvalue weighted by molar-refractivity contribution is 0.781. The minimum absolute atomic E-state index is 0.747. The fraction of sp³-hybridized carbons (Fsp3) is 0.111. The van der Waals surface area contributed by atoms with Gasteiger partial charge < -0.3 is 5.73 Å². The fourth-order valence-corrected chi connectivity index (χ4v) is 3.20. The summed E-state index contributed by atoms with van der Waals surface area (Å²) in [5, 5.41) is 4.89. The Morgan fingerprint density at radius 1 is 1.13 bits per heavy atom. The topological polar surface area (TPSA) is 56.2 Å². The quantitative estimate of drug-likeness (QED) is 0.521. The van der Waals surface area contributed by atoms with Gasteiger partial charge in [0.2, 0.25) is 0 Å². The van der Waals surface area contributed by atoms with Crippen molar-refractivity contribution in [2.75, 3.05) is 5.73 Å². The molecule has 0 spiro atoms. The van der Waals surface area contributed by atoms with E-state index in [1.807, 2.05) is 42.1 Å². The highest BCUT2D eigenvalue weighted by Crippen LogP contribution is 2.26. The molecular weight excluding hydrogens is 352 g/mol. The smallest absolute Gasteiger partial charge is 0.134 e. The fourth-order valence-electron chi connectivity index (χ4n) is 2.84. The van der Waals surface area contributed by atoms with Crippen molar-refractivity contribution in [3.8, 4) is 0 Å². The molecule has 23 heavy (non-hydrogen) atoms. The van der Waals surface area contributed by atoms with Gasteiger partial charge in [-0.3, -0.25) is 0 Å². The van der Waals surface area contributed by atoms with Gasteiger partial charge in [0.1, 0.15) is 5.82 Å². The molecule has 1 aliphatic heterocycles. The van der Waals surface area contributed by atoms with Crippen LogP contribution in [0.3, 0.4) is 0 Å². The lowest BCUT2D eigenvalue weighted by Crippen LogP contribution is -2.07. The Hall–Kier alpha value is -2.40. The summed E-state index contributed by atoms with van der Waals surface area (Å²) in [5.41, 5.74) is 11.9. The zero-order chi connectivity index (χ0) is 16.0. The van der Waals surface area contributed by atoms with Crippen molar-refractivity contribution >= 4 is 27.3 Å². The lowest BCUT2D eigenvalue weighted by Gasteiger charge is -2.10. The Bertz CT molecular complexity index is 923. The number of nitrogens with two attached hydrogens (primary N) is 1. The molecule has 2 N–H and O–H groups in total. The molecule has 2 aromatic carbocycles. The Kier molecular flexibility index (Phi) is 3.31. The number of anilines is 1. The number of benzene rings is 2. The van der Waals surface area contributed by atoms with Crippen molar-refractivity contribution in [2.45, 2.75) is 13.3 Å². The van der Waals surface area contributed by atoms with Crippen LogP contribution in [0.4, 0.5) is 5.69 Å². The molecule has 0 unspecified atom stereocenters. The summed E-state index contributed by atoms with van der Waals surface area (Å²) < 4.78 is 2.97. The van der Waals surface area contributed by atoms with Crippen molar-refractivity contribution < 1.29 is 0 Å². The second-order valence-corrected chi connectivity index (χ2v) is 6.59. The second-order valence-electron chi connectivity index (χ2n) is 5.68. The van der Waals surface area contributed by atoms with Gasteiger partial charge >= 0.3 is 0 Å². The first kappa shape index (κ1) is 14.2. The van der Waals surface area contributed by atoms with Gasteiger partial charge in [0.05, 0.1) is 17.6 Å². The number of nitrogens with zero attached hydrogens (tertiary/aromatic N) is 3. The third kappa shape index (κ3) is 2.47. The highest BCUT2D eigenvalue weighted by Gasteiger charge is 2.20. The standard InChI is InChI=1S/C18H15BrN4/c1-11-10-21-17-8-13-2-5-14(19)9-16(13)18(22-23(11)17)12-3-6-15(20)7-4-12/h2-7,9-10H,8,20H2,1H3. The molecule has 0 saturated heterocycles. The molecule has 0 fully saturated rings. The molecule has 0 amide bonds. The number of aryl methyl sites for hydroxylation is 1. The van der Waals surface area contributed by atoms with E-state index < -0.39 is 0 Å². The Balaban J connectivity index is 2.00. The van der Waals surface area contributed by atoms with Gasteiger partial charge in [-0.25, -0.2) is 9.66 Å². The number of hydrogen-bond acceptors (Lipinski definition) is 3. The van der Waals surface area contributed by atoms with Crippen molar-refractivity contribution in [3.63, 3.8) is 0 Å². The maximum Gasteiger partial charge on any atom is 0.134 e. The maximum atomic E-state index is 5.83. The van der Waals surface area contributed by atoms with E-state index in [1.165, 1.54) is 5.56 Å². The Morgan fingerprint density at radius 3 is 2.70 bits per heavy atom. The first-order valence-electron chi connectivity index (χ1n) is 7.39. The summed E-state index contributed by atoms with van der Waals surface area (Å²) in [4.78, 5) is 4.50. The summed E-state index contributed by atoms with van der Waals surface area (Å²) in [6.07, 6.45) is 2.63. The van der Waals surface area contributed by atoms with Gasteiger partial charge in [0.15, 0.2) is 0 Å². The van der Waals surface area contributed by atoms with Gasteiger partial charge in [0, 0.05) is 27.7 Å². The first-order valence-corrected chi connectivity index (χ1v) is 8.18. The van der Waals surface area contributed by atoms with E-state index in [4.69, 9.17) is 10.8 Å². The molecule has 4 nitrogen and oxygen atoms in total. The summed E-state index contributed by atoms with van der Waals surface area (Å²) in [7, 11) is 0. The first-order chi connectivity index (χ1) is 11.1. The number of halogens is 1. The molecule has 5 heteroatoms. The predicted octanol–water partition coefficient (Wildman–Crippen LogP) is 3.74. The summed E-state index contributed by atoms with van der Waals surface area (Å²) in [5.74, 6) is 0.955. The van der Waals surface area contributed by atoms with E-state index in [0.29, 0.717) is 0 Å². The van der Waals surface area contributed by atoms with E-state index >= 15 is 0 Å². The van der Waals surface area contributed by atoms with E-state index in [9.17, 15) is 0 Å². The third-order valence-electron chi connectivity index (χ3n) is 4.04. The van der Waals surface area contributed by atoms with Crippen molar-refractivity contribution in [3.05, 3.63) is 81.3 Å². The van der Waals surface area contributed by atoms with E-state index in [-0.39, 0.29) is 0 Å². The molecule has 0 bridgehead atoms. The van der Waals surface area contributed by atoms with Crippen LogP contribution in [-0.4, -0.2) is 15.4 Å². The zero-order valence-electron chi connectivity index (χ0n) is 12.6. The zero-order valence-corrected chi connectivity index (χ0v) is 14.2. The Morgan fingerprint density at radius 2 is 1.91 bits per heavy atom. The summed E-state index contributed by atoms with van der Waals surface area (Å²) in [6.45, 7) is 2.02. The average molecular weight is 367 g/mol. The molecule has 1 aromatic heterocycles. The molecular formula is C18H15BrN4. The molecule has 0 atom stereocenters. The minimum Gasteiger partial charge on any atom is -0.399 e. The number of fused-ring (bicyclic) bond motifs is 2. The van der Waals surface area contributed by atoms with Crippen molar-refractivity contribution in [1.82, 2.24) is 9.66 Å². The highest BCUT2D eigenvalue weighted by atomic mass is 79.9. The number of imidazole rings is 1.